The highest BCUT2D eigenvalue weighted by molar-refractivity contribution is 8.00. The second-order valence-electron chi connectivity index (χ2n) is 6.26. The number of amides is 1. The van der Waals surface area contributed by atoms with E-state index in [0.29, 0.717) is 28.1 Å². The van der Waals surface area contributed by atoms with Crippen molar-refractivity contribution < 1.29 is 9.18 Å². The van der Waals surface area contributed by atoms with Crippen LogP contribution in [0.1, 0.15) is 17.9 Å². The average molecular weight is 436 g/mol. The van der Waals surface area contributed by atoms with Gasteiger partial charge in [0.05, 0.1) is 17.6 Å². The maximum atomic E-state index is 14.5. The van der Waals surface area contributed by atoms with Gasteiger partial charge in [-0.15, -0.1) is 11.8 Å². The van der Waals surface area contributed by atoms with E-state index in [-0.39, 0.29) is 11.7 Å². The molecule has 0 radical (unpaired) electrons. The van der Waals surface area contributed by atoms with Gasteiger partial charge in [-0.3, -0.25) is 9.69 Å². The van der Waals surface area contributed by atoms with Gasteiger partial charge in [0, 0.05) is 22.2 Å². The standard InChI is InChI=1S/C20H16Cl2FN3OS/c1-2-25-16(12-6-8-13(21)9-7-12)10-24-20(25)26-17(27)11-28-19(26)18-14(22)4-3-5-15(18)23/h3-10,19H,2,11H2,1H3. The highest BCUT2D eigenvalue weighted by Crippen LogP contribution is 2.45. The number of halogens is 3. The molecule has 0 aliphatic carbocycles. The fourth-order valence-electron chi connectivity index (χ4n) is 3.32. The van der Waals surface area contributed by atoms with Gasteiger partial charge in [-0.05, 0) is 36.8 Å². The minimum atomic E-state index is -0.563. The van der Waals surface area contributed by atoms with Crippen molar-refractivity contribution in [3.05, 3.63) is 70.1 Å². The number of anilines is 1. The molecule has 1 saturated heterocycles. The SMILES string of the molecule is CCn1c(-c2ccc(Cl)cc2)cnc1N1C(=O)CSC1c1c(F)cccc1Cl. The first-order chi connectivity index (χ1) is 13.5. The predicted molar refractivity (Wildman–Crippen MR) is 112 cm³/mol. The quantitative estimate of drug-likeness (QED) is 0.519. The summed E-state index contributed by atoms with van der Waals surface area (Å²) in [7, 11) is 0. The number of aromatic nitrogens is 2. The minimum absolute atomic E-state index is 0.128. The van der Waals surface area contributed by atoms with Gasteiger partial charge >= 0.3 is 0 Å². The van der Waals surface area contributed by atoms with Crippen molar-refractivity contribution in [2.45, 2.75) is 18.8 Å². The molecule has 4 rings (SSSR count). The number of thioether (sulfide) groups is 1. The molecular formula is C20H16Cl2FN3OS. The van der Waals surface area contributed by atoms with Gasteiger partial charge < -0.3 is 4.57 Å². The van der Waals surface area contributed by atoms with Gasteiger partial charge in [0.15, 0.2) is 0 Å². The Morgan fingerprint density at radius 2 is 1.96 bits per heavy atom. The van der Waals surface area contributed by atoms with Crippen LogP contribution in [0.4, 0.5) is 10.3 Å². The third-order valence-electron chi connectivity index (χ3n) is 4.62. The molecule has 1 atom stereocenters. The Hall–Kier alpha value is -2.02. The summed E-state index contributed by atoms with van der Waals surface area (Å²) >= 11 is 13.6. The molecule has 2 heterocycles. The number of imidazole rings is 1. The summed E-state index contributed by atoms with van der Waals surface area (Å²) in [6, 6.07) is 12.0. The number of hydrogen-bond donors (Lipinski definition) is 0. The molecule has 1 fully saturated rings. The van der Waals surface area contributed by atoms with Crippen LogP contribution in [0.3, 0.4) is 0 Å². The smallest absolute Gasteiger partial charge is 0.240 e. The Balaban J connectivity index is 1.81. The second-order valence-corrected chi connectivity index (χ2v) is 8.17. The predicted octanol–water partition coefficient (Wildman–Crippen LogP) is 5.79. The van der Waals surface area contributed by atoms with Crippen LogP contribution in [0.15, 0.2) is 48.7 Å². The van der Waals surface area contributed by atoms with Crippen LogP contribution in [-0.2, 0) is 11.3 Å². The summed E-state index contributed by atoms with van der Waals surface area (Å²) in [5.74, 6) is 0.156. The van der Waals surface area contributed by atoms with Gasteiger partial charge in [-0.25, -0.2) is 9.37 Å². The third-order valence-corrected chi connectivity index (χ3v) is 6.38. The molecule has 0 saturated carbocycles. The van der Waals surface area contributed by atoms with E-state index in [4.69, 9.17) is 23.2 Å². The molecule has 1 aromatic heterocycles. The summed E-state index contributed by atoms with van der Waals surface area (Å²) in [5.41, 5.74) is 2.10. The van der Waals surface area contributed by atoms with E-state index in [2.05, 4.69) is 4.98 Å². The highest BCUT2D eigenvalue weighted by Gasteiger charge is 2.39. The molecule has 8 heteroatoms. The van der Waals surface area contributed by atoms with Crippen molar-refractivity contribution in [1.29, 1.82) is 0 Å². The van der Waals surface area contributed by atoms with E-state index in [1.807, 2.05) is 35.8 Å². The molecule has 0 bridgehead atoms. The zero-order valence-electron chi connectivity index (χ0n) is 14.9. The number of rotatable bonds is 4. The first-order valence-corrected chi connectivity index (χ1v) is 10.5. The summed E-state index contributed by atoms with van der Waals surface area (Å²) in [6.45, 7) is 2.57. The Kier molecular flexibility index (Phi) is 5.36. The largest absolute Gasteiger partial charge is 0.310 e. The number of hydrogen-bond acceptors (Lipinski definition) is 3. The lowest BCUT2D eigenvalue weighted by molar-refractivity contribution is -0.116. The molecule has 1 aliphatic rings. The van der Waals surface area contributed by atoms with Crippen LogP contribution in [-0.4, -0.2) is 21.2 Å². The first kappa shape index (κ1) is 19.3. The van der Waals surface area contributed by atoms with Crippen molar-refractivity contribution in [3.63, 3.8) is 0 Å². The zero-order chi connectivity index (χ0) is 19.8. The molecule has 1 unspecified atom stereocenters. The normalized spacial score (nSPS) is 16.8. The topological polar surface area (TPSA) is 38.1 Å². The molecule has 28 heavy (non-hydrogen) atoms. The summed E-state index contributed by atoms with van der Waals surface area (Å²) < 4.78 is 16.5. The number of nitrogens with zero attached hydrogens (tertiary/aromatic N) is 3. The van der Waals surface area contributed by atoms with E-state index < -0.39 is 11.2 Å². The van der Waals surface area contributed by atoms with Crippen molar-refractivity contribution in [1.82, 2.24) is 9.55 Å². The average Bonchev–Trinajstić information content (AvgIpc) is 3.25. The molecule has 0 N–H and O–H groups in total. The number of benzene rings is 2. The monoisotopic (exact) mass is 435 g/mol. The Morgan fingerprint density at radius 3 is 2.64 bits per heavy atom. The van der Waals surface area contributed by atoms with Crippen LogP contribution in [0.25, 0.3) is 11.3 Å². The van der Waals surface area contributed by atoms with Crippen molar-refractivity contribution in [2.24, 2.45) is 0 Å². The van der Waals surface area contributed by atoms with Crippen LogP contribution in [0.5, 0.6) is 0 Å². The highest BCUT2D eigenvalue weighted by atomic mass is 35.5. The fourth-order valence-corrected chi connectivity index (χ4v) is 4.99. The summed E-state index contributed by atoms with van der Waals surface area (Å²) in [5, 5.41) is 0.378. The molecule has 1 amide bonds. The molecule has 144 valence electrons. The Labute approximate surface area is 176 Å². The summed E-state index contributed by atoms with van der Waals surface area (Å²) in [4.78, 5) is 18.8. The van der Waals surface area contributed by atoms with Gasteiger partial charge in [-0.2, -0.15) is 0 Å². The Morgan fingerprint density at radius 1 is 1.21 bits per heavy atom. The minimum Gasteiger partial charge on any atom is -0.310 e. The number of carbonyl (C=O) groups is 1. The fraction of sp³-hybridized carbons (Fsp3) is 0.200. The maximum absolute atomic E-state index is 14.5. The van der Waals surface area contributed by atoms with Gasteiger partial charge in [0.25, 0.3) is 0 Å². The van der Waals surface area contributed by atoms with Crippen LogP contribution in [0.2, 0.25) is 10.0 Å². The third kappa shape index (κ3) is 3.30. The van der Waals surface area contributed by atoms with Gasteiger partial charge in [0.1, 0.15) is 11.2 Å². The van der Waals surface area contributed by atoms with Gasteiger partial charge in [0.2, 0.25) is 11.9 Å². The summed E-state index contributed by atoms with van der Waals surface area (Å²) in [6.07, 6.45) is 1.72. The molecule has 3 aromatic rings. The zero-order valence-corrected chi connectivity index (χ0v) is 17.2. The lowest BCUT2D eigenvalue weighted by Gasteiger charge is -2.25. The van der Waals surface area contributed by atoms with E-state index in [9.17, 15) is 9.18 Å². The molecule has 2 aromatic carbocycles. The van der Waals surface area contributed by atoms with Gasteiger partial charge in [-0.1, -0.05) is 41.4 Å². The lowest BCUT2D eigenvalue weighted by Crippen LogP contribution is -2.31. The van der Waals surface area contributed by atoms with Crippen molar-refractivity contribution in [3.8, 4) is 11.3 Å². The van der Waals surface area contributed by atoms with Crippen LogP contribution < -0.4 is 4.90 Å². The van der Waals surface area contributed by atoms with E-state index in [1.54, 1.807) is 18.3 Å². The number of carbonyl (C=O) groups excluding carboxylic acids is 1. The molecule has 0 spiro atoms. The first-order valence-electron chi connectivity index (χ1n) is 8.70. The van der Waals surface area contributed by atoms with Crippen molar-refractivity contribution in [2.75, 3.05) is 10.7 Å². The molecule has 4 nitrogen and oxygen atoms in total. The van der Waals surface area contributed by atoms with Crippen molar-refractivity contribution >= 4 is 46.8 Å². The van der Waals surface area contributed by atoms with Crippen LogP contribution >= 0.6 is 35.0 Å². The van der Waals surface area contributed by atoms with E-state index in [0.717, 1.165) is 11.3 Å². The van der Waals surface area contributed by atoms with Crippen LogP contribution in [0, 0.1) is 5.82 Å². The Bertz CT molecular complexity index is 1020. The maximum Gasteiger partial charge on any atom is 0.240 e. The second kappa shape index (κ2) is 7.78. The molecule has 1 aliphatic heterocycles. The van der Waals surface area contributed by atoms with E-state index in [1.165, 1.54) is 22.7 Å². The lowest BCUT2D eigenvalue weighted by atomic mass is 10.1. The van der Waals surface area contributed by atoms with E-state index >= 15 is 0 Å². The molecular weight excluding hydrogens is 420 g/mol.